The van der Waals surface area contributed by atoms with Gasteiger partial charge in [0.25, 0.3) is 0 Å². The summed E-state index contributed by atoms with van der Waals surface area (Å²) in [5.74, 6) is -0.859. The van der Waals surface area contributed by atoms with Gasteiger partial charge in [-0.2, -0.15) is 0 Å². The van der Waals surface area contributed by atoms with Gasteiger partial charge in [0.05, 0.1) is 5.56 Å². The lowest BCUT2D eigenvalue weighted by Crippen LogP contribution is -2.28. The molecular formula is C16H21NO2. The summed E-state index contributed by atoms with van der Waals surface area (Å²) in [4.78, 5) is 11.1. The highest BCUT2D eigenvalue weighted by molar-refractivity contribution is 5.89. The van der Waals surface area contributed by atoms with Gasteiger partial charge in [-0.3, -0.25) is 0 Å². The van der Waals surface area contributed by atoms with Crippen molar-refractivity contribution in [3.8, 4) is 0 Å². The van der Waals surface area contributed by atoms with Gasteiger partial charge < -0.3 is 10.4 Å². The molecule has 0 radical (unpaired) electrons. The number of benzene rings is 1. The Bertz CT molecular complexity index is 479. The zero-order valence-corrected chi connectivity index (χ0v) is 11.4. The molecule has 3 heteroatoms. The third kappa shape index (κ3) is 3.67. The second-order valence-electron chi connectivity index (χ2n) is 5.09. The molecule has 0 spiro atoms. The lowest BCUT2D eigenvalue weighted by molar-refractivity contribution is 0.0695. The minimum absolute atomic E-state index is 0.321. The molecule has 0 aliphatic heterocycles. The lowest BCUT2D eigenvalue weighted by Gasteiger charge is -2.21. The normalized spacial score (nSPS) is 16.8. The second kappa shape index (κ2) is 6.53. The van der Waals surface area contributed by atoms with Gasteiger partial charge in [-0.1, -0.05) is 29.8 Å². The van der Waals surface area contributed by atoms with Crippen LogP contribution in [0.1, 0.15) is 48.5 Å². The van der Waals surface area contributed by atoms with Crippen LogP contribution in [0.5, 0.6) is 0 Å². The van der Waals surface area contributed by atoms with Crippen molar-refractivity contribution in [1.29, 1.82) is 0 Å². The maximum absolute atomic E-state index is 11.1. The van der Waals surface area contributed by atoms with E-state index in [1.54, 1.807) is 12.1 Å². The second-order valence-corrected chi connectivity index (χ2v) is 5.09. The fraction of sp³-hybridized carbons (Fsp3) is 0.438. The van der Waals surface area contributed by atoms with Crippen LogP contribution in [-0.2, 0) is 6.54 Å². The van der Waals surface area contributed by atoms with Crippen molar-refractivity contribution in [3.05, 3.63) is 47.0 Å². The molecule has 0 fully saturated rings. The van der Waals surface area contributed by atoms with Crippen LogP contribution in [0.3, 0.4) is 0 Å². The quantitative estimate of drug-likeness (QED) is 0.797. The molecule has 102 valence electrons. The van der Waals surface area contributed by atoms with Gasteiger partial charge >= 0.3 is 5.97 Å². The van der Waals surface area contributed by atoms with Crippen LogP contribution < -0.4 is 5.32 Å². The van der Waals surface area contributed by atoms with Crippen LogP contribution >= 0.6 is 0 Å². The molecule has 1 aliphatic carbocycles. The Morgan fingerprint density at radius 2 is 2.16 bits per heavy atom. The predicted octanol–water partition coefficient (Wildman–Crippen LogP) is 3.36. The number of rotatable bonds is 5. The van der Waals surface area contributed by atoms with Crippen molar-refractivity contribution in [3.63, 3.8) is 0 Å². The highest BCUT2D eigenvalue weighted by Gasteiger charge is 2.13. The first-order valence-electron chi connectivity index (χ1n) is 6.92. The molecule has 0 saturated heterocycles. The molecule has 2 rings (SSSR count). The van der Waals surface area contributed by atoms with Crippen molar-refractivity contribution in [2.75, 3.05) is 0 Å². The third-order valence-electron chi connectivity index (χ3n) is 3.73. The van der Waals surface area contributed by atoms with Crippen molar-refractivity contribution >= 4 is 5.97 Å². The minimum atomic E-state index is -0.859. The Hall–Kier alpha value is -1.61. The molecule has 1 aromatic carbocycles. The molecule has 0 aromatic heterocycles. The number of carbonyl (C=O) groups is 1. The van der Waals surface area contributed by atoms with E-state index in [9.17, 15) is 4.79 Å². The Morgan fingerprint density at radius 3 is 2.84 bits per heavy atom. The highest BCUT2D eigenvalue weighted by atomic mass is 16.4. The summed E-state index contributed by atoms with van der Waals surface area (Å²) in [5, 5.41) is 12.6. The minimum Gasteiger partial charge on any atom is -0.478 e. The van der Waals surface area contributed by atoms with E-state index < -0.39 is 5.97 Å². The van der Waals surface area contributed by atoms with Gasteiger partial charge in [0.1, 0.15) is 0 Å². The molecule has 0 bridgehead atoms. The van der Waals surface area contributed by atoms with E-state index in [0.29, 0.717) is 18.2 Å². The maximum atomic E-state index is 11.1. The summed E-state index contributed by atoms with van der Waals surface area (Å²) < 4.78 is 0. The van der Waals surface area contributed by atoms with Crippen LogP contribution in [0.4, 0.5) is 0 Å². The smallest absolute Gasteiger partial charge is 0.336 e. The monoisotopic (exact) mass is 259 g/mol. The van der Waals surface area contributed by atoms with Crippen molar-refractivity contribution < 1.29 is 9.90 Å². The molecule has 1 aromatic rings. The fourth-order valence-electron chi connectivity index (χ4n) is 2.53. The lowest BCUT2D eigenvalue weighted by atomic mass is 9.94. The van der Waals surface area contributed by atoms with E-state index in [1.807, 2.05) is 12.1 Å². The molecule has 19 heavy (non-hydrogen) atoms. The van der Waals surface area contributed by atoms with Crippen LogP contribution in [0, 0.1) is 0 Å². The molecule has 3 nitrogen and oxygen atoms in total. The van der Waals surface area contributed by atoms with Gasteiger partial charge in [0.2, 0.25) is 0 Å². The zero-order chi connectivity index (χ0) is 13.7. The molecule has 0 heterocycles. The van der Waals surface area contributed by atoms with Gasteiger partial charge in [-0.15, -0.1) is 0 Å². The maximum Gasteiger partial charge on any atom is 0.336 e. The van der Waals surface area contributed by atoms with Crippen molar-refractivity contribution in [2.45, 2.75) is 45.2 Å². The summed E-state index contributed by atoms with van der Waals surface area (Å²) in [7, 11) is 0. The van der Waals surface area contributed by atoms with Crippen LogP contribution in [-0.4, -0.2) is 17.1 Å². The largest absolute Gasteiger partial charge is 0.478 e. The van der Waals surface area contributed by atoms with E-state index in [0.717, 1.165) is 12.0 Å². The Labute approximate surface area is 114 Å². The Kier molecular flexibility index (Phi) is 4.74. The summed E-state index contributed by atoms with van der Waals surface area (Å²) in [6.07, 6.45) is 7.22. The van der Waals surface area contributed by atoms with Crippen LogP contribution in [0.25, 0.3) is 0 Å². The first-order valence-corrected chi connectivity index (χ1v) is 6.92. The van der Waals surface area contributed by atoms with Crippen molar-refractivity contribution in [1.82, 2.24) is 5.32 Å². The number of carboxylic acids is 1. The summed E-state index contributed by atoms with van der Waals surface area (Å²) >= 11 is 0. The summed E-state index contributed by atoms with van der Waals surface area (Å²) in [5.41, 5.74) is 2.69. The van der Waals surface area contributed by atoms with E-state index >= 15 is 0 Å². The van der Waals surface area contributed by atoms with Crippen LogP contribution in [0.15, 0.2) is 35.9 Å². The molecule has 0 amide bonds. The average Bonchev–Trinajstić information content (AvgIpc) is 2.46. The van der Waals surface area contributed by atoms with Gasteiger partial charge in [-0.05, 0) is 44.2 Å². The van der Waals surface area contributed by atoms with Gasteiger partial charge in [0, 0.05) is 12.6 Å². The van der Waals surface area contributed by atoms with Crippen molar-refractivity contribution in [2.24, 2.45) is 0 Å². The van der Waals surface area contributed by atoms with E-state index in [4.69, 9.17) is 5.11 Å². The summed E-state index contributed by atoms with van der Waals surface area (Å²) in [6, 6.07) is 7.50. The highest BCUT2D eigenvalue weighted by Crippen LogP contribution is 2.20. The number of aromatic carboxylic acids is 1. The number of hydrogen-bond acceptors (Lipinski definition) is 2. The number of hydrogen-bond donors (Lipinski definition) is 2. The van der Waals surface area contributed by atoms with Gasteiger partial charge in [0.15, 0.2) is 0 Å². The molecule has 0 saturated carbocycles. The average molecular weight is 259 g/mol. The first-order chi connectivity index (χ1) is 9.18. The number of allylic oxidation sites excluding steroid dienone is 1. The third-order valence-corrected chi connectivity index (χ3v) is 3.73. The topological polar surface area (TPSA) is 49.3 Å². The van der Waals surface area contributed by atoms with E-state index in [-0.39, 0.29) is 0 Å². The first kappa shape index (κ1) is 13.8. The molecule has 1 atom stereocenters. The van der Waals surface area contributed by atoms with E-state index in [1.165, 1.54) is 24.8 Å². The zero-order valence-electron chi connectivity index (χ0n) is 11.4. The molecule has 2 N–H and O–H groups in total. The molecule has 1 aliphatic rings. The number of carboxylic acid groups (broad SMARTS) is 1. The van der Waals surface area contributed by atoms with E-state index in [2.05, 4.69) is 18.3 Å². The Morgan fingerprint density at radius 1 is 1.37 bits per heavy atom. The molecule has 1 unspecified atom stereocenters. The van der Waals surface area contributed by atoms with Gasteiger partial charge in [-0.25, -0.2) is 4.79 Å². The molecular weight excluding hydrogens is 238 g/mol. The number of nitrogens with one attached hydrogen (secondary N) is 1. The standard InChI is InChI=1S/C16H21NO2/c1-12(13-7-3-2-4-8-13)17-11-14-9-5-6-10-15(14)16(18)19/h5-7,9-10,12,17H,2-4,8,11H2,1H3,(H,18,19). The Balaban J connectivity index is 1.98. The van der Waals surface area contributed by atoms with Crippen LogP contribution in [0.2, 0.25) is 0 Å². The fourth-order valence-corrected chi connectivity index (χ4v) is 2.53. The predicted molar refractivity (Wildman–Crippen MR) is 76.3 cm³/mol. The summed E-state index contributed by atoms with van der Waals surface area (Å²) in [6.45, 7) is 2.75. The SMILES string of the molecule is CC(NCc1ccccc1C(=O)O)C1=CCCCC1.